The summed E-state index contributed by atoms with van der Waals surface area (Å²) in [6, 6.07) is 5.46. The molecular weight excluding hydrogens is 533 g/mol. The Morgan fingerprint density at radius 3 is 2.56 bits per heavy atom. The molecule has 0 radical (unpaired) electrons. The number of aliphatic hydroxyl groups is 1. The van der Waals surface area contributed by atoms with Crippen LogP contribution in [0.1, 0.15) is 86.0 Å². The van der Waals surface area contributed by atoms with Gasteiger partial charge in [0.25, 0.3) is 6.43 Å². The van der Waals surface area contributed by atoms with E-state index in [4.69, 9.17) is 9.72 Å². The van der Waals surface area contributed by atoms with E-state index in [0.29, 0.717) is 31.2 Å². The first-order valence-corrected chi connectivity index (χ1v) is 14.3. The first-order chi connectivity index (χ1) is 19.5. The van der Waals surface area contributed by atoms with Crippen LogP contribution in [0.3, 0.4) is 0 Å². The summed E-state index contributed by atoms with van der Waals surface area (Å²) in [6.45, 7) is 6.05. The van der Waals surface area contributed by atoms with E-state index >= 15 is 0 Å². The van der Waals surface area contributed by atoms with E-state index in [1.165, 1.54) is 12.1 Å². The van der Waals surface area contributed by atoms with Crippen molar-refractivity contribution in [3.63, 3.8) is 0 Å². The number of anilines is 1. The van der Waals surface area contributed by atoms with E-state index in [2.05, 4.69) is 10.3 Å². The molecule has 0 spiro atoms. The van der Waals surface area contributed by atoms with Gasteiger partial charge < -0.3 is 20.1 Å². The molecular formula is C31H37F3N4O3. The minimum Gasteiger partial charge on any atom is -0.493 e. The van der Waals surface area contributed by atoms with Gasteiger partial charge in [0.15, 0.2) is 0 Å². The molecule has 0 unspecified atom stereocenters. The number of alkyl halides is 2. The summed E-state index contributed by atoms with van der Waals surface area (Å²) >= 11 is 0. The lowest BCUT2D eigenvalue weighted by atomic mass is 9.77. The number of nitrogens with one attached hydrogen (secondary N) is 1. The van der Waals surface area contributed by atoms with Crippen molar-refractivity contribution in [2.45, 2.75) is 77.4 Å². The van der Waals surface area contributed by atoms with E-state index in [9.17, 15) is 23.1 Å². The minimum absolute atomic E-state index is 0.0665. The van der Waals surface area contributed by atoms with Crippen molar-refractivity contribution in [2.24, 2.45) is 5.92 Å². The predicted molar refractivity (Wildman–Crippen MR) is 151 cm³/mol. The van der Waals surface area contributed by atoms with E-state index in [0.717, 1.165) is 59.5 Å². The Morgan fingerprint density at radius 2 is 1.88 bits per heavy atom. The Balaban J connectivity index is 1.45. The van der Waals surface area contributed by atoms with Gasteiger partial charge in [-0.3, -0.25) is 4.79 Å². The first-order valence-electron chi connectivity index (χ1n) is 14.3. The Morgan fingerprint density at radius 1 is 1.17 bits per heavy atom. The Hall–Kier alpha value is -3.40. The number of benzene rings is 2. The SMILES string of the molecule is Cc1nc(N[C@@H](C)c2cccc(C(F)F)c2F)c2cc(C3CCC(C(=O)N(C)C[C@H](C)O)CC3)c3c(c2n1)CCO3. The van der Waals surface area contributed by atoms with Gasteiger partial charge in [-0.15, -0.1) is 0 Å². The molecule has 0 saturated heterocycles. The fourth-order valence-electron chi connectivity index (χ4n) is 6.33. The number of nitrogens with zero attached hydrogens (tertiary/aromatic N) is 3. The normalized spacial score (nSPS) is 20.0. The molecule has 2 aliphatic rings. The number of aryl methyl sites for hydroxylation is 1. The summed E-state index contributed by atoms with van der Waals surface area (Å²) in [5, 5.41) is 13.7. The number of halogens is 3. The molecule has 1 aromatic heterocycles. The zero-order valence-electron chi connectivity index (χ0n) is 23.9. The molecule has 3 aromatic rings. The van der Waals surface area contributed by atoms with Crippen molar-refractivity contribution in [3.8, 4) is 5.75 Å². The molecule has 0 bridgehead atoms. The van der Waals surface area contributed by atoms with Gasteiger partial charge in [-0.2, -0.15) is 0 Å². The molecule has 2 heterocycles. The van der Waals surface area contributed by atoms with Crippen LogP contribution in [-0.2, 0) is 11.2 Å². The molecule has 10 heteroatoms. The van der Waals surface area contributed by atoms with Gasteiger partial charge in [0, 0.05) is 42.4 Å². The van der Waals surface area contributed by atoms with Crippen LogP contribution in [0.5, 0.6) is 5.75 Å². The van der Waals surface area contributed by atoms with Gasteiger partial charge in [0.2, 0.25) is 5.91 Å². The number of carbonyl (C=O) groups excluding carboxylic acids is 1. The van der Waals surface area contributed by atoms with Crippen LogP contribution < -0.4 is 10.1 Å². The van der Waals surface area contributed by atoms with E-state index in [1.54, 1.807) is 32.7 Å². The smallest absolute Gasteiger partial charge is 0.266 e. The summed E-state index contributed by atoms with van der Waals surface area (Å²) in [5.41, 5.74) is 2.36. The lowest BCUT2D eigenvalue weighted by Gasteiger charge is -2.32. The number of aliphatic hydroxyl groups excluding tert-OH is 1. The lowest BCUT2D eigenvalue weighted by molar-refractivity contribution is -0.136. The molecule has 220 valence electrons. The maximum Gasteiger partial charge on any atom is 0.266 e. The molecule has 1 amide bonds. The van der Waals surface area contributed by atoms with Gasteiger partial charge in [0.1, 0.15) is 23.2 Å². The molecule has 2 N–H and O–H groups in total. The zero-order chi connectivity index (χ0) is 29.4. The highest BCUT2D eigenvalue weighted by molar-refractivity contribution is 5.94. The fraction of sp³-hybridized carbons (Fsp3) is 0.516. The number of ether oxygens (including phenoxy) is 1. The standard InChI is InChI=1S/C31H37F3N4O3/c1-16(39)15-38(4)31(40)20-10-8-19(9-11-20)24-14-25-27(23-12-13-41-28(23)24)36-18(3)37-30(25)35-17(2)21-6-5-7-22(26(21)32)29(33)34/h5-7,14,16-17,19-20,29,39H,8-13,15H2,1-4H3,(H,35,36,37)/t16-,17-,19?,20?/m0/s1. The maximum atomic E-state index is 14.9. The number of hydrogen-bond donors (Lipinski definition) is 2. The van der Waals surface area contributed by atoms with Gasteiger partial charge in [-0.1, -0.05) is 18.2 Å². The van der Waals surface area contributed by atoms with Crippen molar-refractivity contribution in [2.75, 3.05) is 25.5 Å². The first kappa shape index (κ1) is 29.1. The van der Waals surface area contributed by atoms with Crippen LogP contribution in [0, 0.1) is 18.7 Å². The van der Waals surface area contributed by atoms with Crippen molar-refractivity contribution in [1.82, 2.24) is 14.9 Å². The summed E-state index contributed by atoms with van der Waals surface area (Å²) in [4.78, 5) is 23.9. The molecule has 41 heavy (non-hydrogen) atoms. The second kappa shape index (κ2) is 11.8. The minimum atomic E-state index is -2.90. The lowest BCUT2D eigenvalue weighted by Crippen LogP contribution is -2.38. The van der Waals surface area contributed by atoms with Crippen LogP contribution in [0.15, 0.2) is 24.3 Å². The van der Waals surface area contributed by atoms with Crippen LogP contribution in [0.25, 0.3) is 10.9 Å². The highest BCUT2D eigenvalue weighted by Gasteiger charge is 2.33. The quantitative estimate of drug-likeness (QED) is 0.334. The molecule has 1 aliphatic heterocycles. The van der Waals surface area contributed by atoms with E-state index in [-0.39, 0.29) is 23.3 Å². The molecule has 1 saturated carbocycles. The fourth-order valence-corrected chi connectivity index (χ4v) is 6.33. The number of hydrogen-bond acceptors (Lipinski definition) is 6. The zero-order valence-corrected chi connectivity index (χ0v) is 23.9. The summed E-state index contributed by atoms with van der Waals surface area (Å²) in [6.07, 6.45) is 0.348. The Kier molecular flexibility index (Phi) is 8.40. The summed E-state index contributed by atoms with van der Waals surface area (Å²) in [5.74, 6) is 1.16. The van der Waals surface area contributed by atoms with Crippen molar-refractivity contribution in [3.05, 3.63) is 58.2 Å². The van der Waals surface area contributed by atoms with Crippen LogP contribution in [0.2, 0.25) is 0 Å². The van der Waals surface area contributed by atoms with Crippen LogP contribution >= 0.6 is 0 Å². The van der Waals surface area contributed by atoms with Crippen molar-refractivity contribution in [1.29, 1.82) is 0 Å². The molecule has 5 rings (SSSR count). The Labute approximate surface area is 238 Å². The Bertz CT molecular complexity index is 1440. The third-order valence-corrected chi connectivity index (χ3v) is 8.32. The highest BCUT2D eigenvalue weighted by atomic mass is 19.3. The molecule has 1 fully saturated rings. The number of rotatable bonds is 8. The van der Waals surface area contributed by atoms with Gasteiger partial charge >= 0.3 is 0 Å². The molecule has 2 aromatic carbocycles. The average Bonchev–Trinajstić information content (AvgIpc) is 3.42. The van der Waals surface area contributed by atoms with Crippen LogP contribution in [0.4, 0.5) is 19.0 Å². The van der Waals surface area contributed by atoms with Gasteiger partial charge in [-0.05, 0) is 64.0 Å². The number of aromatic nitrogens is 2. The van der Waals surface area contributed by atoms with Crippen LogP contribution in [-0.4, -0.2) is 52.2 Å². The third kappa shape index (κ3) is 5.84. The second-order valence-corrected chi connectivity index (χ2v) is 11.4. The van der Waals surface area contributed by atoms with Crippen molar-refractivity contribution < 1.29 is 27.8 Å². The highest BCUT2D eigenvalue weighted by Crippen LogP contribution is 2.46. The molecule has 1 aliphatic carbocycles. The number of carbonyl (C=O) groups is 1. The third-order valence-electron chi connectivity index (χ3n) is 8.32. The molecule has 2 atom stereocenters. The summed E-state index contributed by atoms with van der Waals surface area (Å²) < 4.78 is 47.8. The van der Waals surface area contributed by atoms with Gasteiger partial charge in [-0.25, -0.2) is 23.1 Å². The summed E-state index contributed by atoms with van der Waals surface area (Å²) in [7, 11) is 1.73. The average molecular weight is 571 g/mol. The second-order valence-electron chi connectivity index (χ2n) is 11.4. The van der Waals surface area contributed by atoms with E-state index in [1.807, 2.05) is 6.07 Å². The van der Waals surface area contributed by atoms with Gasteiger partial charge in [0.05, 0.1) is 29.8 Å². The largest absolute Gasteiger partial charge is 0.493 e. The predicted octanol–water partition coefficient (Wildman–Crippen LogP) is 6.24. The number of fused-ring (bicyclic) bond motifs is 3. The van der Waals surface area contributed by atoms with E-state index < -0.39 is 30.0 Å². The topological polar surface area (TPSA) is 87.6 Å². The number of amides is 1. The monoisotopic (exact) mass is 570 g/mol. The molecule has 7 nitrogen and oxygen atoms in total. The number of likely N-dealkylation sites (N-methyl/N-ethyl adjacent to an activating group) is 1. The van der Waals surface area contributed by atoms with Crippen molar-refractivity contribution >= 4 is 22.6 Å². The maximum absolute atomic E-state index is 14.9.